The monoisotopic (exact) mass is 329 g/mol. The van der Waals surface area contributed by atoms with Gasteiger partial charge >= 0.3 is 5.63 Å². The predicted octanol–water partition coefficient (Wildman–Crippen LogP) is 2.21. The largest absolute Gasteiger partial charge is 0.422 e. The molecule has 2 heterocycles. The molecule has 1 saturated heterocycles. The van der Waals surface area contributed by atoms with Crippen molar-refractivity contribution in [2.75, 3.05) is 13.2 Å². The zero-order chi connectivity index (χ0) is 16.6. The van der Waals surface area contributed by atoms with Crippen molar-refractivity contribution in [1.82, 2.24) is 5.32 Å². The Morgan fingerprint density at radius 3 is 2.88 bits per heavy atom. The van der Waals surface area contributed by atoms with Gasteiger partial charge in [-0.2, -0.15) is 0 Å². The first kappa shape index (κ1) is 15.4. The summed E-state index contributed by atoms with van der Waals surface area (Å²) in [4.78, 5) is 24.3. The fourth-order valence-electron chi connectivity index (χ4n) is 3.42. The molecule has 0 radical (unpaired) electrons. The highest BCUT2D eigenvalue weighted by Crippen LogP contribution is 2.38. The number of hydrogen-bond donors (Lipinski definition) is 1. The van der Waals surface area contributed by atoms with Crippen LogP contribution in [0, 0.1) is 0 Å². The van der Waals surface area contributed by atoms with E-state index in [0.717, 1.165) is 25.7 Å². The summed E-state index contributed by atoms with van der Waals surface area (Å²) in [5.41, 5.74) is -0.167. The van der Waals surface area contributed by atoms with Crippen molar-refractivity contribution in [3.8, 4) is 0 Å². The number of carbonyl (C=O) groups excluding carboxylic acids is 1. The van der Waals surface area contributed by atoms with Crippen LogP contribution in [0.5, 0.6) is 0 Å². The Morgan fingerprint density at radius 1 is 1.25 bits per heavy atom. The number of hydrogen-bond acceptors (Lipinski definition) is 5. The van der Waals surface area contributed by atoms with E-state index >= 15 is 0 Å². The average Bonchev–Trinajstić information content (AvgIpc) is 3.22. The van der Waals surface area contributed by atoms with Gasteiger partial charge in [0.25, 0.3) is 5.91 Å². The fraction of sp³-hybridized carbons (Fsp3) is 0.444. The van der Waals surface area contributed by atoms with Crippen molar-refractivity contribution in [3.05, 3.63) is 46.3 Å². The Morgan fingerprint density at radius 2 is 2.04 bits per heavy atom. The third kappa shape index (κ3) is 2.83. The summed E-state index contributed by atoms with van der Waals surface area (Å²) < 4.78 is 16.9. The van der Waals surface area contributed by atoms with Gasteiger partial charge in [-0.25, -0.2) is 4.79 Å². The van der Waals surface area contributed by atoms with Crippen molar-refractivity contribution in [1.29, 1.82) is 0 Å². The highest BCUT2D eigenvalue weighted by molar-refractivity contribution is 5.96. The number of rotatable bonds is 3. The SMILES string of the molecule is O=C(NC[C@@H]1COC2(CCCC2)O1)c1cc2ccccc2oc1=O. The zero-order valence-electron chi connectivity index (χ0n) is 13.2. The molecule has 1 aliphatic heterocycles. The van der Waals surface area contributed by atoms with Crippen molar-refractivity contribution in [2.45, 2.75) is 37.6 Å². The molecule has 1 amide bonds. The lowest BCUT2D eigenvalue weighted by Crippen LogP contribution is -2.36. The highest BCUT2D eigenvalue weighted by atomic mass is 16.7. The molecule has 0 bridgehead atoms. The molecule has 2 aromatic rings. The standard InChI is InChI=1S/C18H19NO5/c20-16(14-9-12-5-1-2-6-15(12)23-17(14)21)19-10-13-11-22-18(24-13)7-3-4-8-18/h1-2,5-6,9,13H,3-4,7-8,10-11H2,(H,19,20)/t13-/m1/s1. The van der Waals surface area contributed by atoms with E-state index < -0.39 is 17.3 Å². The van der Waals surface area contributed by atoms with Crippen LogP contribution in [-0.4, -0.2) is 30.9 Å². The Kier molecular flexibility index (Phi) is 3.86. The molecule has 2 fully saturated rings. The Balaban J connectivity index is 1.43. The van der Waals surface area contributed by atoms with Crippen LogP contribution in [0.1, 0.15) is 36.0 Å². The molecule has 1 N–H and O–H groups in total. The van der Waals surface area contributed by atoms with Gasteiger partial charge in [0.05, 0.1) is 6.61 Å². The number of nitrogens with one attached hydrogen (secondary N) is 1. The van der Waals surface area contributed by atoms with Gasteiger partial charge in [0.2, 0.25) is 0 Å². The summed E-state index contributed by atoms with van der Waals surface area (Å²) >= 11 is 0. The van der Waals surface area contributed by atoms with E-state index in [1.165, 1.54) is 0 Å². The second kappa shape index (κ2) is 6.03. The number of para-hydroxylation sites is 1. The van der Waals surface area contributed by atoms with E-state index in [2.05, 4.69) is 5.32 Å². The summed E-state index contributed by atoms with van der Waals surface area (Å²) in [6, 6.07) is 8.66. The lowest BCUT2D eigenvalue weighted by Gasteiger charge is -2.21. The van der Waals surface area contributed by atoms with Crippen LogP contribution in [0.15, 0.2) is 39.5 Å². The molecule has 24 heavy (non-hydrogen) atoms. The van der Waals surface area contributed by atoms with Crippen molar-refractivity contribution >= 4 is 16.9 Å². The average molecular weight is 329 g/mol. The van der Waals surface area contributed by atoms with E-state index in [1.807, 2.05) is 6.07 Å². The van der Waals surface area contributed by atoms with Gasteiger partial charge in [-0.1, -0.05) is 18.2 Å². The van der Waals surface area contributed by atoms with Gasteiger partial charge in [-0.15, -0.1) is 0 Å². The molecule has 1 atom stereocenters. The molecule has 1 saturated carbocycles. The molecular weight excluding hydrogens is 310 g/mol. The molecule has 126 valence electrons. The maximum atomic E-state index is 12.3. The van der Waals surface area contributed by atoms with Crippen LogP contribution in [0.3, 0.4) is 0 Å². The van der Waals surface area contributed by atoms with Gasteiger partial charge in [0.15, 0.2) is 5.79 Å². The lowest BCUT2D eigenvalue weighted by molar-refractivity contribution is -0.161. The van der Waals surface area contributed by atoms with Crippen molar-refractivity contribution < 1.29 is 18.7 Å². The first-order valence-electron chi connectivity index (χ1n) is 8.28. The van der Waals surface area contributed by atoms with Crippen LogP contribution < -0.4 is 10.9 Å². The van der Waals surface area contributed by atoms with Gasteiger partial charge < -0.3 is 19.2 Å². The van der Waals surface area contributed by atoms with Crippen LogP contribution in [0.25, 0.3) is 11.0 Å². The van der Waals surface area contributed by atoms with Gasteiger partial charge in [0.1, 0.15) is 17.3 Å². The highest BCUT2D eigenvalue weighted by Gasteiger charge is 2.43. The van der Waals surface area contributed by atoms with E-state index in [9.17, 15) is 9.59 Å². The first-order valence-corrected chi connectivity index (χ1v) is 8.28. The number of fused-ring (bicyclic) bond motifs is 1. The first-order chi connectivity index (χ1) is 11.7. The second-order valence-corrected chi connectivity index (χ2v) is 6.36. The van der Waals surface area contributed by atoms with Gasteiger partial charge in [-0.3, -0.25) is 4.79 Å². The third-order valence-electron chi connectivity index (χ3n) is 4.66. The third-order valence-corrected chi connectivity index (χ3v) is 4.66. The number of amides is 1. The molecule has 1 spiro atoms. The zero-order valence-corrected chi connectivity index (χ0v) is 13.2. The summed E-state index contributed by atoms with van der Waals surface area (Å²) in [5.74, 6) is -0.900. The molecular formula is C18H19NO5. The number of ether oxygens (including phenoxy) is 2. The van der Waals surface area contributed by atoms with E-state index in [4.69, 9.17) is 13.9 Å². The quantitative estimate of drug-likeness (QED) is 0.874. The molecule has 1 aromatic carbocycles. The molecule has 6 heteroatoms. The summed E-state index contributed by atoms with van der Waals surface area (Å²) in [6.07, 6.45) is 3.85. The van der Waals surface area contributed by atoms with E-state index in [1.54, 1.807) is 24.3 Å². The summed E-state index contributed by atoms with van der Waals surface area (Å²) in [7, 11) is 0. The Hall–Kier alpha value is -2.18. The maximum absolute atomic E-state index is 12.3. The van der Waals surface area contributed by atoms with Crippen LogP contribution >= 0.6 is 0 Å². The predicted molar refractivity (Wildman–Crippen MR) is 86.8 cm³/mol. The van der Waals surface area contributed by atoms with Crippen LogP contribution in [-0.2, 0) is 9.47 Å². The Labute approximate surface area is 138 Å². The Bertz CT molecular complexity index is 822. The molecule has 1 aromatic heterocycles. The van der Waals surface area contributed by atoms with E-state index in [0.29, 0.717) is 24.1 Å². The molecule has 6 nitrogen and oxygen atoms in total. The van der Waals surface area contributed by atoms with Gasteiger partial charge in [0, 0.05) is 24.8 Å². The second-order valence-electron chi connectivity index (χ2n) is 6.36. The lowest BCUT2D eigenvalue weighted by atomic mass is 10.2. The smallest absolute Gasteiger partial charge is 0.349 e. The van der Waals surface area contributed by atoms with Crippen molar-refractivity contribution in [3.63, 3.8) is 0 Å². The molecule has 1 aliphatic carbocycles. The maximum Gasteiger partial charge on any atom is 0.349 e. The fourth-order valence-corrected chi connectivity index (χ4v) is 3.42. The number of benzene rings is 1. The van der Waals surface area contributed by atoms with Crippen LogP contribution in [0.4, 0.5) is 0 Å². The minimum Gasteiger partial charge on any atom is -0.422 e. The molecule has 4 rings (SSSR count). The summed E-state index contributed by atoms with van der Waals surface area (Å²) in [5, 5.41) is 3.46. The number of carbonyl (C=O) groups is 1. The van der Waals surface area contributed by atoms with Crippen molar-refractivity contribution in [2.24, 2.45) is 0 Å². The molecule has 2 aliphatic rings. The topological polar surface area (TPSA) is 77.8 Å². The normalized spacial score (nSPS) is 22.2. The minimum absolute atomic E-state index is 0.00296. The minimum atomic E-state index is -0.637. The summed E-state index contributed by atoms with van der Waals surface area (Å²) in [6.45, 7) is 0.777. The van der Waals surface area contributed by atoms with Crippen LogP contribution in [0.2, 0.25) is 0 Å². The van der Waals surface area contributed by atoms with Gasteiger partial charge in [-0.05, 0) is 25.0 Å². The molecule has 0 unspecified atom stereocenters. The van der Waals surface area contributed by atoms with E-state index in [-0.39, 0.29) is 11.7 Å².